The van der Waals surface area contributed by atoms with Gasteiger partial charge in [-0.05, 0) is 6.42 Å². The molecule has 0 saturated carbocycles. The van der Waals surface area contributed by atoms with Gasteiger partial charge >= 0.3 is 22.3 Å². The normalized spacial score (nSPS) is 15.8. The van der Waals surface area contributed by atoms with Crippen molar-refractivity contribution in [3.8, 4) is 0 Å². The third-order valence-corrected chi connectivity index (χ3v) is 3.98. The molecule has 124 valence electrons. The van der Waals surface area contributed by atoms with Crippen LogP contribution in [0, 0.1) is 0 Å². The van der Waals surface area contributed by atoms with E-state index in [1.54, 1.807) is 0 Å². The van der Waals surface area contributed by atoms with Gasteiger partial charge in [-0.15, -0.1) is 8.42 Å². The van der Waals surface area contributed by atoms with Crippen molar-refractivity contribution in [3.63, 3.8) is 0 Å². The van der Waals surface area contributed by atoms with E-state index in [0.29, 0.717) is 6.61 Å². The van der Waals surface area contributed by atoms with Gasteiger partial charge in [0, 0.05) is 0 Å². The summed E-state index contributed by atoms with van der Waals surface area (Å²) in [6.07, 6.45) is 12.1. The third kappa shape index (κ3) is 8.04. The van der Waals surface area contributed by atoms with Gasteiger partial charge in [0.25, 0.3) is 0 Å². The van der Waals surface area contributed by atoms with E-state index < -0.39 is 22.3 Å². The quantitative estimate of drug-likeness (QED) is 0.433. The number of unbranched alkanes of at least 4 members (excludes halogenated alkanes) is 9. The summed E-state index contributed by atoms with van der Waals surface area (Å²) in [5.41, 5.74) is 0. The Morgan fingerprint density at radius 2 is 1.43 bits per heavy atom. The zero-order chi connectivity index (χ0) is 15.6. The first-order valence-electron chi connectivity index (χ1n) is 7.75. The first kappa shape index (κ1) is 17.9. The van der Waals surface area contributed by atoms with Crippen molar-refractivity contribution < 1.29 is 26.6 Å². The molecule has 6 nitrogen and oxygen atoms in total. The summed E-state index contributed by atoms with van der Waals surface area (Å²) in [7, 11) is -3.93. The van der Waals surface area contributed by atoms with Crippen LogP contribution in [-0.4, -0.2) is 20.1 Å². The molecule has 7 heteroatoms. The highest BCUT2D eigenvalue weighted by Gasteiger charge is 2.37. The molecule has 1 heterocycles. The van der Waals surface area contributed by atoms with Crippen molar-refractivity contribution in [3.05, 3.63) is 11.9 Å². The molecular formula is C14H26O6S. The van der Waals surface area contributed by atoms with Crippen molar-refractivity contribution in [2.24, 2.45) is 0 Å². The predicted molar refractivity (Wildman–Crippen MR) is 78.5 cm³/mol. The highest BCUT2D eigenvalue weighted by molar-refractivity contribution is 7.83. The van der Waals surface area contributed by atoms with Gasteiger partial charge in [-0.1, -0.05) is 64.7 Å². The molecule has 0 amide bonds. The minimum absolute atomic E-state index is 0.318. The molecular weight excluding hydrogens is 296 g/mol. The Kier molecular flexibility index (Phi) is 8.34. The van der Waals surface area contributed by atoms with Crippen LogP contribution in [0.4, 0.5) is 0 Å². The minimum Gasteiger partial charge on any atom is -0.476 e. The van der Waals surface area contributed by atoms with E-state index in [9.17, 15) is 13.5 Å². The number of aliphatic hydroxyl groups excluding tert-OH is 1. The van der Waals surface area contributed by atoms with E-state index in [1.807, 2.05) is 0 Å². The number of rotatable bonds is 12. The second-order valence-corrected chi connectivity index (χ2v) is 6.35. The molecule has 0 aromatic heterocycles. The van der Waals surface area contributed by atoms with E-state index in [-0.39, 0.29) is 0 Å². The first-order valence-corrected chi connectivity index (χ1v) is 9.08. The topological polar surface area (TPSA) is 82.1 Å². The smallest absolute Gasteiger partial charge is 0.476 e. The SMILES string of the molecule is CCCCCCCCCCCCOC(O)=C1OS(=O)(=O)O1. The van der Waals surface area contributed by atoms with Crippen LogP contribution in [0.3, 0.4) is 0 Å². The predicted octanol–water partition coefficient (Wildman–Crippen LogP) is 3.90. The van der Waals surface area contributed by atoms with E-state index >= 15 is 0 Å². The van der Waals surface area contributed by atoms with Gasteiger partial charge in [-0.3, -0.25) is 0 Å². The highest BCUT2D eigenvalue weighted by atomic mass is 32.3. The van der Waals surface area contributed by atoms with Gasteiger partial charge in [-0.2, -0.15) is 0 Å². The average Bonchev–Trinajstić information content (AvgIpc) is 2.41. The first-order chi connectivity index (χ1) is 10.0. The van der Waals surface area contributed by atoms with Crippen LogP contribution in [-0.2, 0) is 23.5 Å². The Morgan fingerprint density at radius 1 is 0.952 bits per heavy atom. The van der Waals surface area contributed by atoms with Crippen LogP contribution < -0.4 is 0 Å². The van der Waals surface area contributed by atoms with Crippen LogP contribution in [0.15, 0.2) is 11.9 Å². The largest absolute Gasteiger partial charge is 0.506 e. The fourth-order valence-corrected chi connectivity index (χ4v) is 2.61. The van der Waals surface area contributed by atoms with Gasteiger partial charge in [0.2, 0.25) is 0 Å². The molecule has 0 radical (unpaired) electrons. The second kappa shape index (κ2) is 9.76. The maximum Gasteiger partial charge on any atom is 0.506 e. The van der Waals surface area contributed by atoms with Crippen LogP contribution >= 0.6 is 0 Å². The fraction of sp³-hybridized carbons (Fsp3) is 0.857. The molecule has 0 atom stereocenters. The van der Waals surface area contributed by atoms with Crippen molar-refractivity contribution in [1.29, 1.82) is 0 Å². The van der Waals surface area contributed by atoms with Gasteiger partial charge in [0.15, 0.2) is 0 Å². The molecule has 21 heavy (non-hydrogen) atoms. The monoisotopic (exact) mass is 322 g/mol. The molecule has 1 rings (SSSR count). The lowest BCUT2D eigenvalue weighted by molar-refractivity contribution is 0.0180. The number of hydrogen-bond donors (Lipinski definition) is 1. The molecule has 0 aliphatic carbocycles. The fourth-order valence-electron chi connectivity index (χ4n) is 2.08. The van der Waals surface area contributed by atoms with Gasteiger partial charge < -0.3 is 18.2 Å². The van der Waals surface area contributed by atoms with Crippen molar-refractivity contribution in [2.45, 2.75) is 71.1 Å². The molecule has 1 fully saturated rings. The number of aliphatic hydroxyl groups is 1. The molecule has 0 aromatic rings. The van der Waals surface area contributed by atoms with E-state index in [0.717, 1.165) is 19.3 Å². The molecule has 0 aromatic carbocycles. The lowest BCUT2D eigenvalue weighted by Crippen LogP contribution is -2.24. The lowest BCUT2D eigenvalue weighted by atomic mass is 10.1. The van der Waals surface area contributed by atoms with Gasteiger partial charge in [-0.25, -0.2) is 0 Å². The minimum atomic E-state index is -3.93. The average molecular weight is 322 g/mol. The number of ether oxygens (including phenoxy) is 1. The summed E-state index contributed by atoms with van der Waals surface area (Å²) in [4.78, 5) is 0. The Bertz CT molecular complexity index is 401. The van der Waals surface area contributed by atoms with Crippen LogP contribution in [0.1, 0.15) is 71.1 Å². The summed E-state index contributed by atoms with van der Waals surface area (Å²) in [5, 5.41) is 9.29. The summed E-state index contributed by atoms with van der Waals surface area (Å²) < 4.78 is 34.4. The van der Waals surface area contributed by atoms with Crippen molar-refractivity contribution in [1.82, 2.24) is 0 Å². The molecule has 1 saturated heterocycles. The maximum absolute atomic E-state index is 10.5. The summed E-state index contributed by atoms with van der Waals surface area (Å²) in [6, 6.07) is 0. The zero-order valence-corrected chi connectivity index (χ0v) is 13.5. The lowest BCUT2D eigenvalue weighted by Gasteiger charge is -2.18. The summed E-state index contributed by atoms with van der Waals surface area (Å²) in [5.74, 6) is -1.09. The summed E-state index contributed by atoms with van der Waals surface area (Å²) in [6.45, 7) is 2.54. The Morgan fingerprint density at radius 3 is 1.90 bits per heavy atom. The van der Waals surface area contributed by atoms with Crippen LogP contribution in [0.25, 0.3) is 0 Å². The molecule has 1 aliphatic heterocycles. The standard InChI is InChI=1S/C14H26O6S/c1-2-3-4-5-6-7-8-9-10-11-12-18-13(15)14-19-21(16,17)20-14/h15H,2-12H2,1H3. The summed E-state index contributed by atoms with van der Waals surface area (Å²) >= 11 is 0. The molecule has 0 unspecified atom stereocenters. The van der Waals surface area contributed by atoms with Crippen molar-refractivity contribution in [2.75, 3.05) is 6.61 Å². The maximum atomic E-state index is 10.5. The zero-order valence-electron chi connectivity index (χ0n) is 12.7. The van der Waals surface area contributed by atoms with Gasteiger partial charge in [0.05, 0.1) is 6.61 Å². The van der Waals surface area contributed by atoms with E-state index in [4.69, 9.17) is 4.74 Å². The Labute approximate surface area is 127 Å². The molecule has 0 bridgehead atoms. The van der Waals surface area contributed by atoms with E-state index in [1.165, 1.54) is 44.9 Å². The molecule has 0 spiro atoms. The van der Waals surface area contributed by atoms with E-state index in [2.05, 4.69) is 15.3 Å². The number of hydrogen-bond acceptors (Lipinski definition) is 6. The van der Waals surface area contributed by atoms with Gasteiger partial charge in [0.1, 0.15) is 0 Å². The molecule has 1 N–H and O–H groups in total. The second-order valence-electron chi connectivity index (χ2n) is 5.20. The molecule has 1 aliphatic rings. The Balaban J connectivity index is 1.87. The highest BCUT2D eigenvalue weighted by Crippen LogP contribution is 2.24. The van der Waals surface area contributed by atoms with Crippen molar-refractivity contribution >= 4 is 10.4 Å². The van der Waals surface area contributed by atoms with Crippen LogP contribution in [0.2, 0.25) is 0 Å². The van der Waals surface area contributed by atoms with Crippen LogP contribution in [0.5, 0.6) is 0 Å². The third-order valence-electron chi connectivity index (χ3n) is 3.27. The Hall–Kier alpha value is -1.11.